The van der Waals surface area contributed by atoms with Crippen molar-refractivity contribution >= 4 is 50.7 Å². The van der Waals surface area contributed by atoms with Gasteiger partial charge in [0.1, 0.15) is 5.69 Å². The number of benzene rings is 2. The maximum atomic E-state index is 13.4. The second-order valence-corrected chi connectivity index (χ2v) is 10.8. The summed E-state index contributed by atoms with van der Waals surface area (Å²) in [6.07, 6.45) is 0. The van der Waals surface area contributed by atoms with Crippen LogP contribution in [0.25, 0.3) is 0 Å². The summed E-state index contributed by atoms with van der Waals surface area (Å²) in [6, 6.07) is 9.75. The Bertz CT molecular complexity index is 1010. The van der Waals surface area contributed by atoms with Crippen LogP contribution in [-0.2, 0) is 10.0 Å². The Labute approximate surface area is 185 Å². The van der Waals surface area contributed by atoms with Gasteiger partial charge < -0.3 is 0 Å². The molecule has 0 saturated carbocycles. The van der Waals surface area contributed by atoms with Gasteiger partial charge in [-0.25, -0.2) is 8.42 Å². The van der Waals surface area contributed by atoms with Gasteiger partial charge in [-0.1, -0.05) is 35.0 Å². The average molecular weight is 474 g/mol. The van der Waals surface area contributed by atoms with Gasteiger partial charge in [-0.15, -0.1) is 4.91 Å². The standard InChI is InChI=1S/C19H21Cl2N3O3S2/c1-13(2)23-7-9-24(10-8-23)29(26,27)19-12-15(22-25)4-6-17(19)28-18-11-14(20)3-5-16(18)21/h3-6,11-13H,7-10H2,1-2H3. The van der Waals surface area contributed by atoms with Crippen molar-refractivity contribution < 1.29 is 8.42 Å². The maximum absolute atomic E-state index is 13.4. The van der Waals surface area contributed by atoms with Crippen LogP contribution < -0.4 is 0 Å². The van der Waals surface area contributed by atoms with Crippen molar-refractivity contribution in [3.63, 3.8) is 0 Å². The van der Waals surface area contributed by atoms with Crippen LogP contribution in [0.5, 0.6) is 0 Å². The highest BCUT2D eigenvalue weighted by Gasteiger charge is 2.31. The molecular formula is C19H21Cl2N3O3S2. The zero-order valence-corrected chi connectivity index (χ0v) is 19.2. The molecule has 3 rings (SSSR count). The molecule has 1 aliphatic heterocycles. The van der Waals surface area contributed by atoms with Gasteiger partial charge in [0.05, 0.1) is 9.92 Å². The third-order valence-corrected chi connectivity index (χ3v) is 8.65. The Morgan fingerprint density at radius 2 is 1.69 bits per heavy atom. The van der Waals surface area contributed by atoms with E-state index in [9.17, 15) is 13.3 Å². The first-order valence-electron chi connectivity index (χ1n) is 9.07. The zero-order valence-electron chi connectivity index (χ0n) is 16.0. The summed E-state index contributed by atoms with van der Waals surface area (Å²) in [5, 5.41) is 3.87. The molecule has 0 unspecified atom stereocenters. The van der Waals surface area contributed by atoms with Gasteiger partial charge in [0, 0.05) is 47.0 Å². The Hall–Kier alpha value is -1.16. The molecule has 0 amide bonds. The molecule has 6 nitrogen and oxygen atoms in total. The smallest absolute Gasteiger partial charge is 0.244 e. The van der Waals surface area contributed by atoms with Crippen LogP contribution >= 0.6 is 35.0 Å². The Kier molecular flexibility index (Phi) is 7.24. The van der Waals surface area contributed by atoms with Gasteiger partial charge in [0.2, 0.25) is 10.0 Å². The van der Waals surface area contributed by atoms with Crippen molar-refractivity contribution in [3.8, 4) is 0 Å². The highest BCUT2D eigenvalue weighted by Crippen LogP contribution is 2.40. The highest BCUT2D eigenvalue weighted by molar-refractivity contribution is 8.00. The van der Waals surface area contributed by atoms with Crippen molar-refractivity contribution in [1.29, 1.82) is 0 Å². The van der Waals surface area contributed by atoms with Crippen LogP contribution in [0.15, 0.2) is 56.3 Å². The Morgan fingerprint density at radius 3 is 2.31 bits per heavy atom. The number of rotatable bonds is 6. The molecule has 1 fully saturated rings. The molecule has 0 atom stereocenters. The minimum Gasteiger partial charge on any atom is -0.298 e. The van der Waals surface area contributed by atoms with Crippen LogP contribution in [0.4, 0.5) is 5.69 Å². The first kappa shape index (κ1) is 22.5. The van der Waals surface area contributed by atoms with Crippen molar-refractivity contribution in [3.05, 3.63) is 51.4 Å². The average Bonchev–Trinajstić information content (AvgIpc) is 2.71. The molecule has 1 saturated heterocycles. The lowest BCUT2D eigenvalue weighted by Gasteiger charge is -2.36. The topological polar surface area (TPSA) is 70.1 Å². The molecule has 0 aromatic heterocycles. The molecule has 1 aliphatic rings. The highest BCUT2D eigenvalue weighted by atomic mass is 35.5. The van der Waals surface area contributed by atoms with Gasteiger partial charge >= 0.3 is 0 Å². The second kappa shape index (κ2) is 9.32. The molecule has 0 aliphatic carbocycles. The lowest BCUT2D eigenvalue weighted by Crippen LogP contribution is -2.50. The van der Waals surface area contributed by atoms with Gasteiger partial charge in [0.25, 0.3) is 0 Å². The summed E-state index contributed by atoms with van der Waals surface area (Å²) < 4.78 is 28.2. The molecule has 2 aromatic carbocycles. The molecule has 0 spiro atoms. The van der Waals surface area contributed by atoms with E-state index >= 15 is 0 Å². The molecule has 0 radical (unpaired) electrons. The third kappa shape index (κ3) is 5.13. The largest absolute Gasteiger partial charge is 0.298 e. The van der Waals surface area contributed by atoms with Crippen molar-refractivity contribution in [1.82, 2.24) is 9.21 Å². The van der Waals surface area contributed by atoms with E-state index in [2.05, 4.69) is 23.9 Å². The minimum absolute atomic E-state index is 0.0497. The number of piperazine rings is 1. The fourth-order valence-corrected chi connectivity index (χ4v) is 6.42. The fourth-order valence-electron chi connectivity index (χ4n) is 3.11. The SMILES string of the molecule is CC(C)N1CCN(S(=O)(=O)c2cc(N=O)ccc2Sc2cc(Cl)ccc2Cl)CC1. The van der Waals surface area contributed by atoms with E-state index in [4.69, 9.17) is 23.2 Å². The first-order chi connectivity index (χ1) is 13.7. The van der Waals surface area contributed by atoms with Crippen molar-refractivity contribution in [2.45, 2.75) is 34.6 Å². The predicted octanol–water partition coefficient (Wildman–Crippen LogP) is 5.26. The number of sulfonamides is 1. The number of hydrogen-bond donors (Lipinski definition) is 0. The molecule has 2 aromatic rings. The van der Waals surface area contributed by atoms with Gasteiger partial charge in [0.15, 0.2) is 0 Å². The molecule has 0 bridgehead atoms. The summed E-state index contributed by atoms with van der Waals surface area (Å²) in [4.78, 5) is 14.4. The molecule has 10 heteroatoms. The van der Waals surface area contributed by atoms with E-state index in [0.29, 0.717) is 52.1 Å². The van der Waals surface area contributed by atoms with Crippen LogP contribution in [0, 0.1) is 4.91 Å². The minimum atomic E-state index is -3.81. The van der Waals surface area contributed by atoms with Crippen molar-refractivity contribution in [2.24, 2.45) is 5.18 Å². The molecule has 1 heterocycles. The Balaban J connectivity index is 1.97. The van der Waals surface area contributed by atoms with E-state index < -0.39 is 10.0 Å². The quantitative estimate of drug-likeness (QED) is 0.535. The van der Waals surface area contributed by atoms with Crippen LogP contribution in [-0.4, -0.2) is 49.8 Å². The summed E-state index contributed by atoms with van der Waals surface area (Å²) in [5.41, 5.74) is 0.0610. The van der Waals surface area contributed by atoms with E-state index in [1.165, 1.54) is 28.2 Å². The van der Waals surface area contributed by atoms with E-state index in [0.717, 1.165) is 0 Å². The normalized spacial score (nSPS) is 16.3. The zero-order chi connectivity index (χ0) is 21.2. The van der Waals surface area contributed by atoms with Crippen LogP contribution in [0.1, 0.15) is 13.8 Å². The molecule has 0 N–H and O–H groups in total. The lowest BCUT2D eigenvalue weighted by atomic mass is 10.3. The van der Waals surface area contributed by atoms with Crippen LogP contribution in [0.3, 0.4) is 0 Å². The Morgan fingerprint density at radius 1 is 1.00 bits per heavy atom. The summed E-state index contributed by atoms with van der Waals surface area (Å²) in [6.45, 7) is 6.28. The maximum Gasteiger partial charge on any atom is 0.244 e. The number of nitrogens with zero attached hydrogens (tertiary/aromatic N) is 3. The number of halogens is 2. The van der Waals surface area contributed by atoms with Gasteiger partial charge in [-0.3, -0.25) is 4.90 Å². The summed E-state index contributed by atoms with van der Waals surface area (Å²) in [5.74, 6) is 0. The van der Waals surface area contributed by atoms with E-state index in [1.807, 2.05) is 0 Å². The number of hydrogen-bond acceptors (Lipinski definition) is 6. The second-order valence-electron chi connectivity index (χ2n) is 6.93. The predicted molar refractivity (Wildman–Crippen MR) is 118 cm³/mol. The van der Waals surface area contributed by atoms with E-state index in [1.54, 1.807) is 24.3 Å². The number of nitroso groups, excluding NO2 is 1. The van der Waals surface area contributed by atoms with Gasteiger partial charge in [-0.05, 0) is 55.4 Å². The first-order valence-corrected chi connectivity index (χ1v) is 12.1. The lowest BCUT2D eigenvalue weighted by molar-refractivity contribution is 0.154. The van der Waals surface area contributed by atoms with Gasteiger partial charge in [-0.2, -0.15) is 4.31 Å². The third-order valence-electron chi connectivity index (χ3n) is 4.77. The van der Waals surface area contributed by atoms with Crippen molar-refractivity contribution in [2.75, 3.05) is 26.2 Å². The molecule has 156 valence electrons. The summed E-state index contributed by atoms with van der Waals surface area (Å²) in [7, 11) is -3.81. The van der Waals surface area contributed by atoms with E-state index in [-0.39, 0.29) is 10.6 Å². The van der Waals surface area contributed by atoms with Crippen LogP contribution in [0.2, 0.25) is 10.0 Å². The summed E-state index contributed by atoms with van der Waals surface area (Å²) >= 11 is 13.5. The fraction of sp³-hybridized carbons (Fsp3) is 0.368. The monoisotopic (exact) mass is 473 g/mol. The molecular weight excluding hydrogens is 453 g/mol. The molecule has 29 heavy (non-hydrogen) atoms.